The molecule has 1 aromatic heterocycles. The fourth-order valence-corrected chi connectivity index (χ4v) is 1.84. The van der Waals surface area contributed by atoms with Crippen molar-refractivity contribution >= 4 is 11.0 Å². The second kappa shape index (κ2) is 4.84. The van der Waals surface area contributed by atoms with E-state index in [0.717, 1.165) is 24.6 Å². The van der Waals surface area contributed by atoms with Crippen LogP contribution in [0.15, 0.2) is 16.5 Å². The number of halogens is 2. The summed E-state index contributed by atoms with van der Waals surface area (Å²) in [5.41, 5.74) is 0.930. The molecule has 1 N–H and O–H groups in total. The lowest BCUT2D eigenvalue weighted by Gasteiger charge is -2.00. The molecule has 4 heteroatoms. The number of hydrogen-bond acceptors (Lipinski definition) is 2. The van der Waals surface area contributed by atoms with Crippen LogP contribution in [0.3, 0.4) is 0 Å². The number of fused-ring (bicyclic) bond motifs is 1. The minimum absolute atomic E-state index is 0.136. The van der Waals surface area contributed by atoms with Gasteiger partial charge in [-0.05, 0) is 31.5 Å². The molecule has 2 rings (SSSR count). The summed E-state index contributed by atoms with van der Waals surface area (Å²) >= 11 is 0. The van der Waals surface area contributed by atoms with Crippen molar-refractivity contribution < 1.29 is 13.2 Å². The quantitative estimate of drug-likeness (QED) is 0.826. The van der Waals surface area contributed by atoms with Crippen LogP contribution in [0.5, 0.6) is 0 Å². The van der Waals surface area contributed by atoms with Gasteiger partial charge in [0.2, 0.25) is 0 Å². The summed E-state index contributed by atoms with van der Waals surface area (Å²) in [6, 6.07) is 2.15. The van der Waals surface area contributed by atoms with E-state index in [4.69, 9.17) is 4.42 Å². The lowest BCUT2D eigenvalue weighted by Crippen LogP contribution is -2.13. The van der Waals surface area contributed by atoms with E-state index in [1.807, 2.05) is 6.92 Å². The molecule has 0 fully saturated rings. The molecule has 17 heavy (non-hydrogen) atoms. The lowest BCUT2D eigenvalue weighted by molar-refractivity contribution is 0.490. The van der Waals surface area contributed by atoms with E-state index in [-0.39, 0.29) is 5.58 Å². The lowest BCUT2D eigenvalue weighted by atomic mass is 10.1. The molecule has 0 bridgehead atoms. The highest BCUT2D eigenvalue weighted by Gasteiger charge is 2.14. The van der Waals surface area contributed by atoms with Crippen LogP contribution in [0.25, 0.3) is 11.0 Å². The van der Waals surface area contributed by atoms with Gasteiger partial charge in [-0.1, -0.05) is 6.92 Å². The summed E-state index contributed by atoms with van der Waals surface area (Å²) in [5.74, 6) is -0.560. The van der Waals surface area contributed by atoms with Crippen molar-refractivity contribution in [2.24, 2.45) is 0 Å². The second-order valence-corrected chi connectivity index (χ2v) is 4.09. The first kappa shape index (κ1) is 12.0. The molecule has 0 aliphatic rings. The Morgan fingerprint density at radius 2 is 2.06 bits per heavy atom. The van der Waals surface area contributed by atoms with E-state index in [1.165, 1.54) is 6.07 Å². The van der Waals surface area contributed by atoms with E-state index in [9.17, 15) is 8.78 Å². The van der Waals surface area contributed by atoms with Crippen LogP contribution in [0.1, 0.15) is 24.7 Å². The van der Waals surface area contributed by atoms with Crippen molar-refractivity contribution in [3.05, 3.63) is 35.1 Å². The van der Waals surface area contributed by atoms with Crippen molar-refractivity contribution in [1.29, 1.82) is 0 Å². The van der Waals surface area contributed by atoms with Gasteiger partial charge in [0.15, 0.2) is 11.4 Å². The van der Waals surface area contributed by atoms with Gasteiger partial charge in [0.05, 0.1) is 6.54 Å². The van der Waals surface area contributed by atoms with E-state index in [2.05, 4.69) is 12.2 Å². The van der Waals surface area contributed by atoms with Crippen LogP contribution in [0.4, 0.5) is 8.78 Å². The summed E-state index contributed by atoms with van der Waals surface area (Å²) in [6.07, 6.45) is 1.02. The van der Waals surface area contributed by atoms with Crippen molar-refractivity contribution in [3.8, 4) is 0 Å². The van der Waals surface area contributed by atoms with Crippen molar-refractivity contribution in [2.75, 3.05) is 6.54 Å². The zero-order valence-electron chi connectivity index (χ0n) is 9.94. The summed E-state index contributed by atoms with van der Waals surface area (Å²) in [7, 11) is 0. The Balaban J connectivity index is 2.39. The minimum Gasteiger partial charge on any atom is -0.456 e. The Hall–Kier alpha value is -1.42. The van der Waals surface area contributed by atoms with Crippen LogP contribution in [-0.4, -0.2) is 6.54 Å². The van der Waals surface area contributed by atoms with E-state index in [0.29, 0.717) is 17.7 Å². The number of nitrogens with one attached hydrogen (secondary N) is 1. The Labute approximate surface area is 98.6 Å². The number of furan rings is 1. The highest BCUT2D eigenvalue weighted by atomic mass is 19.1. The molecule has 0 saturated carbocycles. The molecule has 0 aliphatic heterocycles. The second-order valence-electron chi connectivity index (χ2n) is 4.09. The average Bonchev–Trinajstić information content (AvgIpc) is 2.58. The molecular weight excluding hydrogens is 224 g/mol. The highest BCUT2D eigenvalue weighted by molar-refractivity contribution is 5.82. The number of benzene rings is 1. The highest BCUT2D eigenvalue weighted by Crippen LogP contribution is 2.28. The topological polar surface area (TPSA) is 25.2 Å². The van der Waals surface area contributed by atoms with Gasteiger partial charge >= 0.3 is 0 Å². The molecule has 2 aromatic rings. The Morgan fingerprint density at radius 1 is 1.29 bits per heavy atom. The standard InChI is InChI=1S/C13H15F2NO/c1-3-4-16-7-12-8(2)10-5-9(14)6-11(15)13(10)17-12/h5-6,16H,3-4,7H2,1-2H3. The predicted molar refractivity (Wildman–Crippen MR) is 62.9 cm³/mol. The number of hydrogen-bond donors (Lipinski definition) is 1. The van der Waals surface area contributed by atoms with Crippen LogP contribution >= 0.6 is 0 Å². The maximum Gasteiger partial charge on any atom is 0.170 e. The Morgan fingerprint density at radius 3 is 2.76 bits per heavy atom. The zero-order chi connectivity index (χ0) is 12.4. The number of aryl methyl sites for hydroxylation is 1. The first-order valence-corrected chi connectivity index (χ1v) is 5.71. The normalized spacial score (nSPS) is 11.3. The molecular formula is C13H15F2NO. The van der Waals surface area contributed by atoms with Crippen LogP contribution in [0, 0.1) is 18.6 Å². The fourth-order valence-electron chi connectivity index (χ4n) is 1.84. The summed E-state index contributed by atoms with van der Waals surface area (Å²) in [4.78, 5) is 0. The number of rotatable bonds is 4. The Kier molecular flexibility index (Phi) is 3.43. The Bertz CT molecular complexity index is 534. The first-order chi connectivity index (χ1) is 8.13. The van der Waals surface area contributed by atoms with Crippen molar-refractivity contribution in [3.63, 3.8) is 0 Å². The molecule has 0 amide bonds. The zero-order valence-corrected chi connectivity index (χ0v) is 9.94. The van der Waals surface area contributed by atoms with E-state index < -0.39 is 11.6 Å². The maximum absolute atomic E-state index is 13.5. The summed E-state index contributed by atoms with van der Waals surface area (Å²) in [5, 5.41) is 3.69. The van der Waals surface area contributed by atoms with E-state index in [1.54, 1.807) is 0 Å². The predicted octanol–water partition coefficient (Wildman–Crippen LogP) is 3.52. The molecule has 0 atom stereocenters. The molecule has 0 saturated heterocycles. The van der Waals surface area contributed by atoms with Gasteiger partial charge in [0.1, 0.15) is 11.6 Å². The van der Waals surface area contributed by atoms with Crippen LogP contribution in [0.2, 0.25) is 0 Å². The van der Waals surface area contributed by atoms with Gasteiger partial charge in [-0.2, -0.15) is 0 Å². The SMILES string of the molecule is CCCNCc1oc2c(F)cc(F)cc2c1C. The molecule has 0 radical (unpaired) electrons. The average molecular weight is 239 g/mol. The van der Waals surface area contributed by atoms with Gasteiger partial charge in [0.25, 0.3) is 0 Å². The monoisotopic (exact) mass is 239 g/mol. The molecule has 2 nitrogen and oxygen atoms in total. The summed E-state index contributed by atoms with van der Waals surface area (Å²) in [6.45, 7) is 5.28. The summed E-state index contributed by atoms with van der Waals surface area (Å²) < 4.78 is 32.0. The van der Waals surface area contributed by atoms with Gasteiger partial charge in [-0.3, -0.25) is 0 Å². The maximum atomic E-state index is 13.5. The third kappa shape index (κ3) is 2.31. The smallest absolute Gasteiger partial charge is 0.170 e. The fraction of sp³-hybridized carbons (Fsp3) is 0.385. The third-order valence-electron chi connectivity index (χ3n) is 2.77. The molecule has 1 aromatic carbocycles. The van der Waals surface area contributed by atoms with Gasteiger partial charge in [-0.15, -0.1) is 0 Å². The van der Waals surface area contributed by atoms with E-state index >= 15 is 0 Å². The van der Waals surface area contributed by atoms with Crippen molar-refractivity contribution in [1.82, 2.24) is 5.32 Å². The van der Waals surface area contributed by atoms with Gasteiger partial charge < -0.3 is 9.73 Å². The van der Waals surface area contributed by atoms with Crippen molar-refractivity contribution in [2.45, 2.75) is 26.8 Å². The van der Waals surface area contributed by atoms with Crippen LogP contribution < -0.4 is 5.32 Å². The molecule has 92 valence electrons. The molecule has 0 unspecified atom stereocenters. The first-order valence-electron chi connectivity index (χ1n) is 5.71. The molecule has 0 spiro atoms. The molecule has 1 heterocycles. The molecule has 0 aliphatic carbocycles. The minimum atomic E-state index is -0.648. The van der Waals surface area contributed by atoms with Gasteiger partial charge in [0, 0.05) is 11.5 Å². The van der Waals surface area contributed by atoms with Gasteiger partial charge in [-0.25, -0.2) is 8.78 Å². The third-order valence-corrected chi connectivity index (χ3v) is 2.77. The van der Waals surface area contributed by atoms with Crippen LogP contribution in [-0.2, 0) is 6.54 Å². The largest absolute Gasteiger partial charge is 0.456 e.